The Labute approximate surface area is 120 Å². The van der Waals surface area contributed by atoms with Crippen molar-refractivity contribution in [1.82, 2.24) is 10.2 Å². The van der Waals surface area contributed by atoms with Gasteiger partial charge in [-0.15, -0.1) is 0 Å². The largest absolute Gasteiger partial charge is 0.493 e. The average Bonchev–Trinajstić information content (AvgIpc) is 2.93. The summed E-state index contributed by atoms with van der Waals surface area (Å²) in [5, 5.41) is 3.33. The highest BCUT2D eigenvalue weighted by Crippen LogP contribution is 2.27. The number of fused-ring (bicyclic) bond motifs is 1. The summed E-state index contributed by atoms with van der Waals surface area (Å²) in [6.45, 7) is 4.61. The molecular formula is C16H22N2O2. The molecule has 2 atom stereocenters. The number of benzene rings is 1. The van der Waals surface area contributed by atoms with Gasteiger partial charge in [0.2, 0.25) is 0 Å². The third kappa shape index (κ3) is 2.40. The molecule has 108 valence electrons. The van der Waals surface area contributed by atoms with Crippen LogP contribution < -0.4 is 10.1 Å². The molecule has 2 unspecified atom stereocenters. The van der Waals surface area contributed by atoms with Crippen LogP contribution in [0.3, 0.4) is 0 Å². The summed E-state index contributed by atoms with van der Waals surface area (Å²) >= 11 is 0. The quantitative estimate of drug-likeness (QED) is 0.892. The van der Waals surface area contributed by atoms with Gasteiger partial charge in [-0.3, -0.25) is 4.79 Å². The molecule has 1 fully saturated rings. The first kappa shape index (κ1) is 13.4. The molecule has 1 saturated heterocycles. The lowest BCUT2D eigenvalue weighted by atomic mass is 9.93. The summed E-state index contributed by atoms with van der Waals surface area (Å²) in [6.07, 6.45) is 1.94. The maximum Gasteiger partial charge on any atom is 0.253 e. The number of nitrogens with zero attached hydrogens (tertiary/aromatic N) is 1. The fourth-order valence-corrected chi connectivity index (χ4v) is 3.26. The molecule has 1 aromatic rings. The van der Waals surface area contributed by atoms with Crippen LogP contribution in [0.25, 0.3) is 0 Å². The van der Waals surface area contributed by atoms with Crippen LogP contribution in [0.4, 0.5) is 0 Å². The number of hydrogen-bond acceptors (Lipinski definition) is 3. The number of carbonyl (C=O) groups is 1. The maximum atomic E-state index is 12.6. The first-order valence-electron chi connectivity index (χ1n) is 7.41. The zero-order valence-electron chi connectivity index (χ0n) is 12.2. The van der Waals surface area contributed by atoms with E-state index in [1.54, 1.807) is 0 Å². The molecule has 0 radical (unpaired) electrons. The maximum absolute atomic E-state index is 12.6. The van der Waals surface area contributed by atoms with Crippen molar-refractivity contribution >= 4 is 5.91 Å². The molecule has 4 nitrogen and oxygen atoms in total. The van der Waals surface area contributed by atoms with Gasteiger partial charge in [0.05, 0.1) is 6.61 Å². The summed E-state index contributed by atoms with van der Waals surface area (Å²) in [5.41, 5.74) is 1.96. The van der Waals surface area contributed by atoms with Gasteiger partial charge in [0.15, 0.2) is 0 Å². The van der Waals surface area contributed by atoms with E-state index in [9.17, 15) is 4.79 Å². The van der Waals surface area contributed by atoms with Gasteiger partial charge >= 0.3 is 0 Å². The van der Waals surface area contributed by atoms with E-state index in [1.807, 2.05) is 30.1 Å². The van der Waals surface area contributed by atoms with E-state index in [2.05, 4.69) is 12.2 Å². The van der Waals surface area contributed by atoms with Gasteiger partial charge in [0.25, 0.3) is 5.91 Å². The zero-order chi connectivity index (χ0) is 14.1. The molecule has 4 heteroatoms. The molecule has 2 aliphatic rings. The van der Waals surface area contributed by atoms with Crippen LogP contribution in [-0.2, 0) is 6.42 Å². The van der Waals surface area contributed by atoms with Crippen molar-refractivity contribution in [1.29, 1.82) is 0 Å². The summed E-state index contributed by atoms with van der Waals surface area (Å²) in [7, 11) is 2.00. The number of likely N-dealkylation sites (tertiary alicyclic amines) is 1. The fraction of sp³-hybridized carbons (Fsp3) is 0.562. The van der Waals surface area contributed by atoms with Gasteiger partial charge in [0, 0.05) is 31.1 Å². The molecule has 2 heterocycles. The van der Waals surface area contributed by atoms with E-state index < -0.39 is 0 Å². The lowest BCUT2D eigenvalue weighted by Crippen LogP contribution is -2.49. The lowest BCUT2D eigenvalue weighted by Gasteiger charge is -2.36. The summed E-state index contributed by atoms with van der Waals surface area (Å²) < 4.78 is 5.49. The molecular weight excluding hydrogens is 252 g/mol. The molecule has 3 rings (SSSR count). The summed E-state index contributed by atoms with van der Waals surface area (Å²) in [4.78, 5) is 14.6. The van der Waals surface area contributed by atoms with E-state index in [0.29, 0.717) is 12.0 Å². The highest BCUT2D eigenvalue weighted by atomic mass is 16.5. The minimum atomic E-state index is 0.154. The Hall–Kier alpha value is -1.55. The van der Waals surface area contributed by atoms with Gasteiger partial charge in [0.1, 0.15) is 5.75 Å². The third-order valence-electron chi connectivity index (χ3n) is 4.50. The normalized spacial score (nSPS) is 25.2. The molecule has 0 bridgehead atoms. The van der Waals surface area contributed by atoms with Gasteiger partial charge in [-0.25, -0.2) is 0 Å². The van der Waals surface area contributed by atoms with Crippen LogP contribution in [0.5, 0.6) is 5.75 Å². The predicted octanol–water partition coefficient (Wildman–Crippen LogP) is 1.69. The van der Waals surface area contributed by atoms with E-state index in [4.69, 9.17) is 4.74 Å². The highest BCUT2D eigenvalue weighted by molar-refractivity contribution is 5.94. The first-order valence-corrected chi connectivity index (χ1v) is 7.41. The summed E-state index contributed by atoms with van der Waals surface area (Å²) in [6, 6.07) is 6.34. The second-order valence-electron chi connectivity index (χ2n) is 5.83. The molecule has 2 aliphatic heterocycles. The van der Waals surface area contributed by atoms with Crippen LogP contribution in [0, 0.1) is 5.92 Å². The van der Waals surface area contributed by atoms with Crippen LogP contribution in [0.2, 0.25) is 0 Å². The van der Waals surface area contributed by atoms with Crippen LogP contribution >= 0.6 is 0 Å². The number of nitrogens with one attached hydrogen (secondary N) is 1. The highest BCUT2D eigenvalue weighted by Gasteiger charge is 2.28. The Morgan fingerprint density at radius 1 is 1.45 bits per heavy atom. The second-order valence-corrected chi connectivity index (χ2v) is 5.83. The molecule has 0 saturated carbocycles. The minimum absolute atomic E-state index is 0.154. The van der Waals surface area contributed by atoms with Crippen molar-refractivity contribution in [3.63, 3.8) is 0 Å². The standard InChI is InChI=1S/C16H22N2O2/c1-11-10-18(7-5-14(11)17-2)16(19)13-3-4-15-12(9-13)6-8-20-15/h3-4,9,11,14,17H,5-8,10H2,1-2H3. The molecule has 0 spiro atoms. The van der Waals surface area contributed by atoms with Crippen molar-refractivity contribution in [2.75, 3.05) is 26.7 Å². The molecule has 20 heavy (non-hydrogen) atoms. The van der Waals surface area contributed by atoms with E-state index in [1.165, 1.54) is 0 Å². The van der Waals surface area contributed by atoms with E-state index in [-0.39, 0.29) is 5.91 Å². The molecule has 1 amide bonds. The molecule has 1 N–H and O–H groups in total. The Bertz CT molecular complexity index is 515. The van der Waals surface area contributed by atoms with Crippen molar-refractivity contribution in [2.24, 2.45) is 5.92 Å². The lowest BCUT2D eigenvalue weighted by molar-refractivity contribution is 0.0649. The van der Waals surface area contributed by atoms with Crippen molar-refractivity contribution in [3.8, 4) is 5.75 Å². The summed E-state index contributed by atoms with van der Waals surface area (Å²) in [5.74, 6) is 1.58. The number of carbonyl (C=O) groups excluding carboxylic acids is 1. The molecule has 0 aromatic heterocycles. The van der Waals surface area contributed by atoms with E-state index in [0.717, 1.165) is 49.4 Å². The Kier molecular flexibility index (Phi) is 3.66. The number of ether oxygens (including phenoxy) is 1. The SMILES string of the molecule is CNC1CCN(C(=O)c2ccc3c(c2)CCO3)CC1C. The number of amides is 1. The van der Waals surface area contributed by atoms with Gasteiger partial charge < -0.3 is 15.0 Å². The Morgan fingerprint density at radius 3 is 3.05 bits per heavy atom. The van der Waals surface area contributed by atoms with Gasteiger partial charge in [-0.05, 0) is 43.1 Å². The fourth-order valence-electron chi connectivity index (χ4n) is 3.26. The second kappa shape index (κ2) is 5.44. The van der Waals surface area contributed by atoms with Crippen molar-refractivity contribution in [3.05, 3.63) is 29.3 Å². The third-order valence-corrected chi connectivity index (χ3v) is 4.50. The van der Waals surface area contributed by atoms with Crippen molar-refractivity contribution in [2.45, 2.75) is 25.8 Å². The van der Waals surface area contributed by atoms with Gasteiger partial charge in [-0.1, -0.05) is 6.92 Å². The smallest absolute Gasteiger partial charge is 0.253 e. The predicted molar refractivity (Wildman–Crippen MR) is 78.2 cm³/mol. The van der Waals surface area contributed by atoms with Crippen LogP contribution in [-0.4, -0.2) is 43.6 Å². The molecule has 1 aromatic carbocycles. The van der Waals surface area contributed by atoms with Crippen molar-refractivity contribution < 1.29 is 9.53 Å². The van der Waals surface area contributed by atoms with Gasteiger partial charge in [-0.2, -0.15) is 0 Å². The van der Waals surface area contributed by atoms with Crippen LogP contribution in [0.1, 0.15) is 29.3 Å². The first-order chi connectivity index (χ1) is 9.69. The Morgan fingerprint density at radius 2 is 2.30 bits per heavy atom. The minimum Gasteiger partial charge on any atom is -0.493 e. The zero-order valence-corrected chi connectivity index (χ0v) is 12.2. The number of rotatable bonds is 2. The number of piperidine rings is 1. The van der Waals surface area contributed by atoms with Crippen LogP contribution in [0.15, 0.2) is 18.2 Å². The Balaban J connectivity index is 1.73. The average molecular weight is 274 g/mol. The number of hydrogen-bond donors (Lipinski definition) is 1. The topological polar surface area (TPSA) is 41.6 Å². The van der Waals surface area contributed by atoms with E-state index >= 15 is 0 Å². The monoisotopic (exact) mass is 274 g/mol. The molecule has 0 aliphatic carbocycles.